The SMILES string of the molecule is CC(C)(C)NS(=O)(=O)c1ccc(-c2sc(C(=O)NC3CCOCC3)nc2CC2CCCCC2)cc1C(C)(C)C. The topological polar surface area (TPSA) is 97.4 Å². The lowest BCUT2D eigenvalue weighted by Crippen LogP contribution is -2.41. The first-order valence-electron chi connectivity index (χ1n) is 14.3. The molecule has 0 bridgehead atoms. The molecule has 2 fully saturated rings. The number of rotatable bonds is 7. The number of aromatic nitrogens is 1. The zero-order valence-corrected chi connectivity index (χ0v) is 26.0. The number of nitrogens with one attached hydrogen (secondary N) is 2. The maximum atomic E-state index is 13.4. The summed E-state index contributed by atoms with van der Waals surface area (Å²) in [4.78, 5) is 19.4. The van der Waals surface area contributed by atoms with Gasteiger partial charge in [-0.25, -0.2) is 18.1 Å². The van der Waals surface area contributed by atoms with Crippen LogP contribution in [-0.4, -0.2) is 44.1 Å². The van der Waals surface area contributed by atoms with E-state index in [2.05, 4.69) is 10.0 Å². The van der Waals surface area contributed by atoms with Gasteiger partial charge >= 0.3 is 0 Å². The van der Waals surface area contributed by atoms with Gasteiger partial charge in [-0.2, -0.15) is 0 Å². The van der Waals surface area contributed by atoms with Gasteiger partial charge < -0.3 is 10.1 Å². The molecule has 1 aliphatic heterocycles. The van der Waals surface area contributed by atoms with Gasteiger partial charge in [0.2, 0.25) is 10.0 Å². The third-order valence-electron chi connectivity index (χ3n) is 7.43. The molecule has 2 aliphatic rings. The molecule has 9 heteroatoms. The molecule has 0 unspecified atom stereocenters. The quantitative estimate of drug-likeness (QED) is 0.409. The minimum absolute atomic E-state index is 0.104. The molecular formula is C30H45N3O4S2. The first-order valence-corrected chi connectivity index (χ1v) is 16.6. The van der Waals surface area contributed by atoms with Gasteiger partial charge in [-0.15, -0.1) is 11.3 Å². The number of hydrogen-bond donors (Lipinski definition) is 2. The zero-order chi connectivity index (χ0) is 28.4. The maximum Gasteiger partial charge on any atom is 0.280 e. The van der Waals surface area contributed by atoms with E-state index >= 15 is 0 Å². The van der Waals surface area contributed by atoms with E-state index < -0.39 is 21.0 Å². The van der Waals surface area contributed by atoms with Crippen LogP contribution in [0.25, 0.3) is 10.4 Å². The molecule has 1 aliphatic carbocycles. The van der Waals surface area contributed by atoms with Gasteiger partial charge in [0.1, 0.15) is 0 Å². The van der Waals surface area contributed by atoms with Crippen molar-refractivity contribution in [3.8, 4) is 10.4 Å². The molecular weight excluding hydrogens is 530 g/mol. The van der Waals surface area contributed by atoms with Crippen molar-refractivity contribution >= 4 is 27.3 Å². The summed E-state index contributed by atoms with van der Waals surface area (Å²) in [6.45, 7) is 13.0. The van der Waals surface area contributed by atoms with Gasteiger partial charge in [0.15, 0.2) is 5.01 Å². The standard InChI is InChI=1S/C30H45N3O4S2/c1-29(2,3)23-19-21(12-13-25(23)39(35,36)33-30(4,5)6)26-24(18-20-10-8-7-9-11-20)32-28(38-26)27(34)31-22-14-16-37-17-15-22/h12-13,19-20,22,33H,7-11,14-18H2,1-6H3,(H,31,34). The van der Waals surface area contributed by atoms with Gasteiger partial charge in [-0.05, 0) is 74.6 Å². The summed E-state index contributed by atoms with van der Waals surface area (Å²) in [5, 5.41) is 3.64. The molecule has 2 aromatic rings. The first-order chi connectivity index (χ1) is 18.2. The fraction of sp³-hybridized carbons (Fsp3) is 0.667. The summed E-state index contributed by atoms with van der Waals surface area (Å²) >= 11 is 1.42. The van der Waals surface area contributed by atoms with Crippen molar-refractivity contribution in [1.29, 1.82) is 0 Å². The van der Waals surface area contributed by atoms with E-state index in [9.17, 15) is 13.2 Å². The zero-order valence-electron chi connectivity index (χ0n) is 24.4. The Hall–Kier alpha value is -1.81. The summed E-state index contributed by atoms with van der Waals surface area (Å²) in [6, 6.07) is 5.70. The van der Waals surface area contributed by atoms with Gasteiger partial charge in [0.25, 0.3) is 5.91 Å². The van der Waals surface area contributed by atoms with Gasteiger partial charge in [-0.3, -0.25) is 4.79 Å². The van der Waals surface area contributed by atoms with E-state index in [0.29, 0.717) is 29.0 Å². The van der Waals surface area contributed by atoms with Crippen LogP contribution in [0.4, 0.5) is 0 Å². The van der Waals surface area contributed by atoms with Crippen LogP contribution in [0, 0.1) is 5.92 Å². The molecule has 4 rings (SSSR count). The van der Waals surface area contributed by atoms with E-state index in [-0.39, 0.29) is 11.9 Å². The van der Waals surface area contributed by atoms with Crippen molar-refractivity contribution < 1.29 is 17.9 Å². The third-order valence-corrected chi connectivity index (χ3v) is 10.4. The van der Waals surface area contributed by atoms with Crippen LogP contribution in [0.1, 0.15) is 108 Å². The highest BCUT2D eigenvalue weighted by atomic mass is 32.2. The molecule has 39 heavy (non-hydrogen) atoms. The summed E-state index contributed by atoms with van der Waals surface area (Å²) in [6.07, 6.45) is 8.59. The molecule has 0 atom stereocenters. The van der Waals surface area contributed by atoms with E-state index in [1.807, 2.05) is 53.7 Å². The molecule has 1 saturated carbocycles. The minimum Gasteiger partial charge on any atom is -0.381 e. The fourth-order valence-corrected chi connectivity index (χ4v) is 8.33. The Kier molecular flexibility index (Phi) is 9.25. The Bertz CT molecular complexity index is 1260. The van der Waals surface area contributed by atoms with Crippen LogP contribution in [-0.2, 0) is 26.6 Å². The summed E-state index contributed by atoms with van der Waals surface area (Å²) in [5.41, 5.74) is 1.62. The molecule has 216 valence electrons. The van der Waals surface area contributed by atoms with E-state index in [0.717, 1.165) is 41.0 Å². The van der Waals surface area contributed by atoms with E-state index in [1.54, 1.807) is 6.07 Å². The normalized spacial score (nSPS) is 18.3. The lowest BCUT2D eigenvalue weighted by atomic mass is 9.84. The summed E-state index contributed by atoms with van der Waals surface area (Å²) < 4.78 is 35.0. The van der Waals surface area contributed by atoms with Crippen LogP contribution >= 0.6 is 11.3 Å². The number of carbonyl (C=O) groups is 1. The van der Waals surface area contributed by atoms with Crippen LogP contribution in [0.15, 0.2) is 23.1 Å². The highest BCUT2D eigenvalue weighted by Crippen LogP contribution is 2.39. The second-order valence-electron chi connectivity index (χ2n) is 13.2. The predicted molar refractivity (Wildman–Crippen MR) is 158 cm³/mol. The van der Waals surface area contributed by atoms with Crippen LogP contribution in [0.2, 0.25) is 0 Å². The van der Waals surface area contributed by atoms with Crippen LogP contribution in [0.5, 0.6) is 0 Å². The second kappa shape index (κ2) is 12.0. The van der Waals surface area contributed by atoms with Crippen molar-refractivity contribution in [1.82, 2.24) is 15.0 Å². The number of hydrogen-bond acceptors (Lipinski definition) is 6. The first kappa shape index (κ1) is 30.2. The average Bonchev–Trinajstić information content (AvgIpc) is 3.27. The molecule has 0 radical (unpaired) electrons. The highest BCUT2D eigenvalue weighted by Gasteiger charge is 2.31. The molecule has 1 aromatic heterocycles. The number of benzene rings is 1. The number of thiazole rings is 1. The fourth-order valence-electron chi connectivity index (χ4n) is 5.52. The average molecular weight is 576 g/mol. The monoisotopic (exact) mass is 575 g/mol. The smallest absolute Gasteiger partial charge is 0.280 e. The van der Waals surface area contributed by atoms with E-state index in [1.165, 1.54) is 43.4 Å². The number of ether oxygens (including phenoxy) is 1. The molecule has 1 amide bonds. The molecule has 0 spiro atoms. The summed E-state index contributed by atoms with van der Waals surface area (Å²) in [7, 11) is -3.72. The minimum atomic E-state index is -3.72. The number of nitrogens with zero attached hydrogens (tertiary/aromatic N) is 1. The lowest BCUT2D eigenvalue weighted by molar-refractivity contribution is 0.0696. The van der Waals surface area contributed by atoms with Crippen LogP contribution in [0.3, 0.4) is 0 Å². The summed E-state index contributed by atoms with van der Waals surface area (Å²) in [5.74, 6) is 0.427. The van der Waals surface area contributed by atoms with Crippen LogP contribution < -0.4 is 10.0 Å². The lowest BCUT2D eigenvalue weighted by Gasteiger charge is -2.27. The predicted octanol–water partition coefficient (Wildman–Crippen LogP) is 6.22. The Morgan fingerprint density at radius 3 is 2.31 bits per heavy atom. The molecule has 1 saturated heterocycles. The number of amides is 1. The van der Waals surface area contributed by atoms with Crippen molar-refractivity contribution in [3.05, 3.63) is 34.5 Å². The highest BCUT2D eigenvalue weighted by molar-refractivity contribution is 7.89. The van der Waals surface area contributed by atoms with Gasteiger partial charge in [0.05, 0.1) is 15.5 Å². The Balaban J connectivity index is 1.74. The van der Waals surface area contributed by atoms with Crippen molar-refractivity contribution in [3.63, 3.8) is 0 Å². The largest absolute Gasteiger partial charge is 0.381 e. The van der Waals surface area contributed by atoms with Crippen molar-refractivity contribution in [2.75, 3.05) is 13.2 Å². The molecule has 7 nitrogen and oxygen atoms in total. The number of carbonyl (C=O) groups excluding carboxylic acids is 1. The Labute approximate surface area is 238 Å². The molecule has 2 N–H and O–H groups in total. The van der Waals surface area contributed by atoms with Gasteiger partial charge in [-0.1, -0.05) is 58.9 Å². The molecule has 1 aromatic carbocycles. The second-order valence-corrected chi connectivity index (χ2v) is 15.8. The Morgan fingerprint density at radius 1 is 1.03 bits per heavy atom. The third kappa shape index (κ3) is 7.90. The maximum absolute atomic E-state index is 13.4. The number of sulfonamides is 1. The van der Waals surface area contributed by atoms with Crippen molar-refractivity contribution in [2.45, 2.75) is 115 Å². The molecule has 2 heterocycles. The Morgan fingerprint density at radius 2 is 1.69 bits per heavy atom. The van der Waals surface area contributed by atoms with Gasteiger partial charge in [0, 0.05) is 24.8 Å². The van der Waals surface area contributed by atoms with E-state index in [4.69, 9.17) is 9.72 Å². The van der Waals surface area contributed by atoms with Crippen molar-refractivity contribution in [2.24, 2.45) is 5.92 Å².